The summed E-state index contributed by atoms with van der Waals surface area (Å²) in [5, 5.41) is 2.90. The van der Waals surface area contributed by atoms with Crippen LogP contribution in [-0.2, 0) is 4.79 Å². The molecule has 0 unspecified atom stereocenters. The van der Waals surface area contributed by atoms with E-state index in [-0.39, 0.29) is 5.91 Å². The van der Waals surface area contributed by atoms with Gasteiger partial charge in [-0.05, 0) is 19.4 Å². The summed E-state index contributed by atoms with van der Waals surface area (Å²) in [4.78, 5) is 13.3. The Balaban J connectivity index is 1.98. The highest BCUT2D eigenvalue weighted by Gasteiger charge is 2.27. The Morgan fingerprint density at radius 2 is 2.36 bits per heavy atom. The van der Waals surface area contributed by atoms with Gasteiger partial charge in [-0.1, -0.05) is 6.42 Å². The SMILES string of the molecule is O=C1CN2CCCC[C@H]2CN1. The standard InChI is InChI=1S/C8H14N2O/c11-8-6-10-4-2-1-3-7(10)5-9-8/h7H,1-6H2,(H,9,11)/t7-/m0/s1. The molecule has 0 bridgehead atoms. The fraction of sp³-hybridized carbons (Fsp3) is 0.875. The number of fused-ring (bicyclic) bond motifs is 1. The molecule has 1 N–H and O–H groups in total. The maximum Gasteiger partial charge on any atom is 0.234 e. The molecule has 0 radical (unpaired) electrons. The van der Waals surface area contributed by atoms with Crippen molar-refractivity contribution in [2.24, 2.45) is 0 Å². The summed E-state index contributed by atoms with van der Waals surface area (Å²) in [6.07, 6.45) is 3.86. The molecule has 0 aliphatic carbocycles. The number of carbonyl (C=O) groups is 1. The van der Waals surface area contributed by atoms with Crippen molar-refractivity contribution in [3.63, 3.8) is 0 Å². The number of piperazine rings is 1. The van der Waals surface area contributed by atoms with Gasteiger partial charge in [0, 0.05) is 12.6 Å². The number of amides is 1. The topological polar surface area (TPSA) is 32.3 Å². The number of hydrogen-bond acceptors (Lipinski definition) is 2. The molecule has 0 saturated carbocycles. The van der Waals surface area contributed by atoms with E-state index < -0.39 is 0 Å². The van der Waals surface area contributed by atoms with Gasteiger partial charge in [0.25, 0.3) is 0 Å². The quantitative estimate of drug-likeness (QED) is 0.531. The summed E-state index contributed by atoms with van der Waals surface area (Å²) >= 11 is 0. The first kappa shape index (κ1) is 7.10. The van der Waals surface area contributed by atoms with Gasteiger partial charge in [-0.2, -0.15) is 0 Å². The molecule has 1 atom stereocenters. The van der Waals surface area contributed by atoms with Crippen molar-refractivity contribution in [2.45, 2.75) is 25.3 Å². The fourth-order valence-electron chi connectivity index (χ4n) is 1.97. The van der Waals surface area contributed by atoms with Gasteiger partial charge < -0.3 is 5.32 Å². The zero-order valence-electron chi connectivity index (χ0n) is 6.68. The van der Waals surface area contributed by atoms with E-state index >= 15 is 0 Å². The maximum atomic E-state index is 11.0. The highest BCUT2D eigenvalue weighted by Crippen LogP contribution is 2.17. The van der Waals surface area contributed by atoms with Gasteiger partial charge in [-0.3, -0.25) is 9.69 Å². The van der Waals surface area contributed by atoms with E-state index in [1.165, 1.54) is 19.3 Å². The first-order valence-electron chi connectivity index (χ1n) is 4.37. The molecule has 2 fully saturated rings. The molecule has 3 heteroatoms. The van der Waals surface area contributed by atoms with Crippen LogP contribution in [0.2, 0.25) is 0 Å². The summed E-state index contributed by atoms with van der Waals surface area (Å²) in [5.41, 5.74) is 0. The number of nitrogens with zero attached hydrogens (tertiary/aromatic N) is 1. The fourth-order valence-corrected chi connectivity index (χ4v) is 1.97. The first-order valence-corrected chi connectivity index (χ1v) is 4.37. The lowest BCUT2D eigenvalue weighted by Gasteiger charge is -2.38. The van der Waals surface area contributed by atoms with Crippen LogP contribution in [-0.4, -0.2) is 36.5 Å². The average molecular weight is 154 g/mol. The predicted molar refractivity (Wildman–Crippen MR) is 42.2 cm³/mol. The normalized spacial score (nSPS) is 32.7. The monoisotopic (exact) mass is 154 g/mol. The van der Waals surface area contributed by atoms with Gasteiger partial charge in [0.1, 0.15) is 0 Å². The van der Waals surface area contributed by atoms with Gasteiger partial charge in [-0.25, -0.2) is 0 Å². The summed E-state index contributed by atoms with van der Waals surface area (Å²) in [7, 11) is 0. The molecule has 2 aliphatic rings. The van der Waals surface area contributed by atoms with Gasteiger partial charge >= 0.3 is 0 Å². The minimum atomic E-state index is 0.197. The van der Waals surface area contributed by atoms with E-state index in [0.29, 0.717) is 12.6 Å². The van der Waals surface area contributed by atoms with Gasteiger partial charge in [0.05, 0.1) is 6.54 Å². The number of carbonyl (C=O) groups excluding carboxylic acids is 1. The van der Waals surface area contributed by atoms with Crippen LogP contribution >= 0.6 is 0 Å². The minimum Gasteiger partial charge on any atom is -0.353 e. The predicted octanol–water partition coefficient (Wildman–Crippen LogP) is -0.0293. The maximum absolute atomic E-state index is 11.0. The van der Waals surface area contributed by atoms with E-state index in [4.69, 9.17) is 0 Å². The Kier molecular flexibility index (Phi) is 1.82. The molecular formula is C8H14N2O. The Bertz CT molecular complexity index is 169. The van der Waals surface area contributed by atoms with Crippen LogP contribution in [0, 0.1) is 0 Å². The van der Waals surface area contributed by atoms with Crippen LogP contribution in [0.4, 0.5) is 0 Å². The third kappa shape index (κ3) is 1.38. The van der Waals surface area contributed by atoms with Crippen LogP contribution in [0.25, 0.3) is 0 Å². The van der Waals surface area contributed by atoms with E-state index in [1.807, 2.05) is 0 Å². The van der Waals surface area contributed by atoms with Crippen molar-refractivity contribution in [3.8, 4) is 0 Å². The van der Waals surface area contributed by atoms with Crippen LogP contribution in [0.15, 0.2) is 0 Å². The van der Waals surface area contributed by atoms with Crippen molar-refractivity contribution < 1.29 is 4.79 Å². The lowest BCUT2D eigenvalue weighted by atomic mass is 10.0. The second-order valence-corrected chi connectivity index (χ2v) is 3.42. The Morgan fingerprint density at radius 3 is 3.27 bits per heavy atom. The molecule has 0 spiro atoms. The van der Waals surface area contributed by atoms with Crippen molar-refractivity contribution in [1.29, 1.82) is 0 Å². The Hall–Kier alpha value is -0.570. The van der Waals surface area contributed by atoms with E-state index in [2.05, 4.69) is 10.2 Å². The number of hydrogen-bond donors (Lipinski definition) is 1. The van der Waals surface area contributed by atoms with Crippen molar-refractivity contribution in [1.82, 2.24) is 10.2 Å². The van der Waals surface area contributed by atoms with Crippen LogP contribution in [0.1, 0.15) is 19.3 Å². The second-order valence-electron chi connectivity index (χ2n) is 3.42. The smallest absolute Gasteiger partial charge is 0.234 e. The van der Waals surface area contributed by atoms with Crippen LogP contribution < -0.4 is 5.32 Å². The number of rotatable bonds is 0. The molecule has 3 nitrogen and oxygen atoms in total. The summed E-state index contributed by atoms with van der Waals surface area (Å²) in [5.74, 6) is 0.197. The van der Waals surface area contributed by atoms with E-state index in [1.54, 1.807) is 0 Å². The molecule has 11 heavy (non-hydrogen) atoms. The Labute approximate surface area is 66.8 Å². The van der Waals surface area contributed by atoms with Crippen molar-refractivity contribution >= 4 is 5.91 Å². The zero-order valence-corrected chi connectivity index (χ0v) is 6.68. The van der Waals surface area contributed by atoms with E-state index in [0.717, 1.165) is 13.1 Å². The zero-order chi connectivity index (χ0) is 7.68. The van der Waals surface area contributed by atoms with Crippen LogP contribution in [0.3, 0.4) is 0 Å². The third-order valence-corrected chi connectivity index (χ3v) is 2.63. The lowest BCUT2D eigenvalue weighted by molar-refractivity contribution is -0.126. The summed E-state index contributed by atoms with van der Waals surface area (Å²) in [6.45, 7) is 2.63. The third-order valence-electron chi connectivity index (χ3n) is 2.63. The molecule has 2 rings (SSSR count). The van der Waals surface area contributed by atoms with Crippen molar-refractivity contribution in [2.75, 3.05) is 19.6 Å². The highest BCUT2D eigenvalue weighted by atomic mass is 16.2. The molecular weight excluding hydrogens is 140 g/mol. The number of piperidine rings is 1. The van der Waals surface area contributed by atoms with E-state index in [9.17, 15) is 4.79 Å². The molecule has 0 aromatic rings. The lowest BCUT2D eigenvalue weighted by Crippen LogP contribution is -2.55. The Morgan fingerprint density at radius 1 is 1.45 bits per heavy atom. The van der Waals surface area contributed by atoms with Crippen molar-refractivity contribution in [3.05, 3.63) is 0 Å². The van der Waals surface area contributed by atoms with Gasteiger partial charge in [-0.15, -0.1) is 0 Å². The molecule has 2 heterocycles. The molecule has 2 saturated heterocycles. The molecule has 0 aromatic heterocycles. The number of nitrogens with one attached hydrogen (secondary N) is 1. The molecule has 0 aromatic carbocycles. The molecule has 2 aliphatic heterocycles. The summed E-state index contributed by atoms with van der Waals surface area (Å²) in [6, 6.07) is 0.640. The van der Waals surface area contributed by atoms with Gasteiger partial charge in [0.2, 0.25) is 5.91 Å². The van der Waals surface area contributed by atoms with Crippen LogP contribution in [0.5, 0.6) is 0 Å². The van der Waals surface area contributed by atoms with Gasteiger partial charge in [0.15, 0.2) is 0 Å². The highest BCUT2D eigenvalue weighted by molar-refractivity contribution is 5.78. The molecule has 1 amide bonds. The summed E-state index contributed by atoms with van der Waals surface area (Å²) < 4.78 is 0. The average Bonchev–Trinajstić information content (AvgIpc) is 2.04. The minimum absolute atomic E-state index is 0.197. The molecule has 62 valence electrons. The second kappa shape index (κ2) is 2.81. The first-order chi connectivity index (χ1) is 5.36. The largest absolute Gasteiger partial charge is 0.353 e.